The maximum atomic E-state index is 12.4. The summed E-state index contributed by atoms with van der Waals surface area (Å²) < 4.78 is 12.4. The van der Waals surface area contributed by atoms with Gasteiger partial charge in [0.1, 0.15) is 5.82 Å². The third kappa shape index (κ3) is 2.80. The van der Waals surface area contributed by atoms with Gasteiger partial charge in [0.05, 0.1) is 8.80 Å². The minimum Gasteiger partial charge on any atom is -0.269 e. The van der Waals surface area contributed by atoms with E-state index in [2.05, 4.69) is 13.1 Å². The monoisotopic (exact) mass is 174 g/mol. The van der Waals surface area contributed by atoms with Gasteiger partial charge in [-0.2, -0.15) is 0 Å². The Hall–Kier alpha value is -0.703. The van der Waals surface area contributed by atoms with Crippen molar-refractivity contribution in [1.29, 1.82) is 0 Å². The quantitative estimate of drug-likeness (QED) is 0.568. The molecule has 1 rings (SSSR count). The predicted molar refractivity (Wildman–Crippen MR) is 47.4 cm³/mol. The molecule has 1 aromatic carbocycles. The summed E-state index contributed by atoms with van der Waals surface area (Å²) in [6, 6.07) is 6.82. The van der Waals surface area contributed by atoms with Crippen molar-refractivity contribution in [2.24, 2.45) is 0 Å². The lowest BCUT2D eigenvalue weighted by atomic mass is 10.3. The van der Waals surface area contributed by atoms with E-state index in [1.807, 2.05) is 12.1 Å². The van der Waals surface area contributed by atoms with E-state index in [1.165, 1.54) is 17.3 Å². The van der Waals surface area contributed by atoms with Crippen LogP contribution in [0.25, 0.3) is 0 Å². The zero-order valence-corrected chi connectivity index (χ0v) is 7.83. The van der Waals surface area contributed by atoms with Gasteiger partial charge in [0.2, 0.25) is 0 Å². The molecule has 0 spiro atoms. The van der Waals surface area contributed by atoms with Crippen molar-refractivity contribution in [3.63, 3.8) is 0 Å². The van der Waals surface area contributed by atoms with Gasteiger partial charge in [-0.3, -0.25) is 4.70 Å². The lowest BCUT2D eigenvalue weighted by Gasteiger charge is -2.01. The Morgan fingerprint density at radius 1 is 1.09 bits per heavy atom. The van der Waals surface area contributed by atoms with Crippen LogP contribution in [0.15, 0.2) is 24.3 Å². The molecule has 0 bridgehead atoms. The van der Waals surface area contributed by atoms with E-state index in [0.717, 1.165) is 0 Å². The van der Waals surface area contributed by atoms with Crippen LogP contribution in [0.4, 0.5) is 9.09 Å². The highest BCUT2D eigenvalue weighted by Crippen LogP contribution is 1.93. The summed E-state index contributed by atoms with van der Waals surface area (Å²) in [5.74, 6) is -0.140. The highest BCUT2D eigenvalue weighted by molar-refractivity contribution is 6.70. The summed E-state index contributed by atoms with van der Waals surface area (Å²) in [4.78, 5) is 0. The Balaban J connectivity index is 0.000001000. The van der Waals surface area contributed by atoms with Gasteiger partial charge in [-0.05, 0) is 12.1 Å². The standard InChI is InChI=1S/C8H11FSi.FH/c1-10(2)8-5-3-7(9)4-6-8;/h3-6,10H,1-2H3;1H. The van der Waals surface area contributed by atoms with Gasteiger partial charge in [-0.25, -0.2) is 4.39 Å². The van der Waals surface area contributed by atoms with Crippen molar-refractivity contribution in [1.82, 2.24) is 0 Å². The van der Waals surface area contributed by atoms with Crippen LogP contribution in [0, 0.1) is 5.82 Å². The zero-order valence-electron chi connectivity index (χ0n) is 6.67. The lowest BCUT2D eigenvalue weighted by molar-refractivity contribution is 0.628. The first-order valence-electron chi connectivity index (χ1n) is 3.45. The fourth-order valence-electron chi connectivity index (χ4n) is 0.848. The van der Waals surface area contributed by atoms with Gasteiger partial charge >= 0.3 is 0 Å². The molecule has 3 heteroatoms. The predicted octanol–water partition coefficient (Wildman–Crippen LogP) is 1.67. The molecule has 62 valence electrons. The molecule has 11 heavy (non-hydrogen) atoms. The molecule has 0 aliphatic rings. The Morgan fingerprint density at radius 2 is 1.55 bits per heavy atom. The summed E-state index contributed by atoms with van der Waals surface area (Å²) in [6.07, 6.45) is 0. The van der Waals surface area contributed by atoms with E-state index in [0.29, 0.717) is 0 Å². The van der Waals surface area contributed by atoms with Crippen LogP contribution < -0.4 is 5.19 Å². The van der Waals surface area contributed by atoms with E-state index in [1.54, 1.807) is 0 Å². The van der Waals surface area contributed by atoms with E-state index in [4.69, 9.17) is 0 Å². The Kier molecular flexibility index (Phi) is 3.96. The van der Waals surface area contributed by atoms with E-state index in [9.17, 15) is 4.39 Å². The van der Waals surface area contributed by atoms with Gasteiger partial charge in [0.15, 0.2) is 0 Å². The smallest absolute Gasteiger partial charge is 0.123 e. The molecule has 0 fully saturated rings. The summed E-state index contributed by atoms with van der Waals surface area (Å²) in [5.41, 5.74) is 0. The van der Waals surface area contributed by atoms with Crippen molar-refractivity contribution in [2.45, 2.75) is 13.1 Å². The molecule has 0 aliphatic heterocycles. The second kappa shape index (κ2) is 4.23. The number of hydrogen-bond donors (Lipinski definition) is 0. The third-order valence-corrected chi connectivity index (χ3v) is 3.25. The second-order valence-corrected chi connectivity index (χ2v) is 5.68. The first kappa shape index (κ1) is 10.3. The number of hydrogen-bond acceptors (Lipinski definition) is 0. The van der Waals surface area contributed by atoms with Gasteiger partial charge in [-0.1, -0.05) is 30.4 Å². The van der Waals surface area contributed by atoms with E-state index in [-0.39, 0.29) is 10.5 Å². The first-order chi connectivity index (χ1) is 4.70. The summed E-state index contributed by atoms with van der Waals surface area (Å²) in [6.45, 7) is 4.46. The molecule has 0 N–H and O–H groups in total. The van der Waals surface area contributed by atoms with Crippen molar-refractivity contribution in [3.8, 4) is 0 Å². The Bertz CT molecular complexity index is 206. The second-order valence-electron chi connectivity index (χ2n) is 2.71. The Morgan fingerprint density at radius 3 is 1.91 bits per heavy atom. The average molecular weight is 174 g/mol. The van der Waals surface area contributed by atoms with Gasteiger partial charge in [0.25, 0.3) is 0 Å². The molecule has 0 nitrogen and oxygen atoms in total. The highest BCUT2D eigenvalue weighted by Gasteiger charge is 1.98. The molecule has 0 unspecified atom stereocenters. The molecule has 0 amide bonds. The van der Waals surface area contributed by atoms with Crippen LogP contribution in [-0.2, 0) is 0 Å². The van der Waals surface area contributed by atoms with Crippen LogP contribution in [0.3, 0.4) is 0 Å². The largest absolute Gasteiger partial charge is 0.269 e. The van der Waals surface area contributed by atoms with Crippen molar-refractivity contribution < 1.29 is 9.09 Å². The molecule has 0 saturated heterocycles. The van der Waals surface area contributed by atoms with Crippen LogP contribution in [0.1, 0.15) is 0 Å². The molecule has 0 radical (unpaired) electrons. The molecule has 0 aliphatic carbocycles. The molecule has 0 aromatic heterocycles. The topological polar surface area (TPSA) is 0 Å². The molecule has 0 heterocycles. The number of rotatable bonds is 1. The lowest BCUT2D eigenvalue weighted by Crippen LogP contribution is -2.21. The van der Waals surface area contributed by atoms with Crippen LogP contribution in [0.5, 0.6) is 0 Å². The molecule has 0 atom stereocenters. The molecular weight excluding hydrogens is 162 g/mol. The molecular formula is C8H12F2Si. The van der Waals surface area contributed by atoms with Crippen molar-refractivity contribution in [3.05, 3.63) is 30.1 Å². The number of halogens is 2. The fraction of sp³-hybridized carbons (Fsp3) is 0.250. The van der Waals surface area contributed by atoms with E-state index >= 15 is 0 Å². The first-order valence-corrected chi connectivity index (χ1v) is 6.34. The summed E-state index contributed by atoms with van der Waals surface area (Å²) in [7, 11) is -0.716. The number of benzene rings is 1. The SMILES string of the molecule is C[SiH](C)c1ccc(F)cc1.F. The molecule has 0 saturated carbocycles. The van der Waals surface area contributed by atoms with Crippen LogP contribution in [0.2, 0.25) is 13.1 Å². The minimum absolute atomic E-state index is 0. The third-order valence-electron chi connectivity index (χ3n) is 1.54. The zero-order chi connectivity index (χ0) is 7.56. The molecule has 1 aromatic rings. The average Bonchev–Trinajstić information content (AvgIpc) is 1.88. The maximum Gasteiger partial charge on any atom is 0.123 e. The van der Waals surface area contributed by atoms with Gasteiger partial charge in [0, 0.05) is 0 Å². The minimum atomic E-state index is -0.716. The van der Waals surface area contributed by atoms with E-state index < -0.39 is 8.80 Å². The van der Waals surface area contributed by atoms with Crippen LogP contribution >= 0.6 is 0 Å². The maximum absolute atomic E-state index is 12.4. The normalized spacial score (nSPS) is 9.45. The fourth-order valence-corrected chi connectivity index (χ4v) is 1.81. The summed E-state index contributed by atoms with van der Waals surface area (Å²) >= 11 is 0. The van der Waals surface area contributed by atoms with Crippen LogP contribution in [-0.4, -0.2) is 8.80 Å². The van der Waals surface area contributed by atoms with Crippen molar-refractivity contribution in [2.75, 3.05) is 0 Å². The highest BCUT2D eigenvalue weighted by atomic mass is 28.3. The van der Waals surface area contributed by atoms with Gasteiger partial charge < -0.3 is 0 Å². The summed E-state index contributed by atoms with van der Waals surface area (Å²) in [5, 5.41) is 1.32. The Labute approximate surface area is 67.0 Å². The van der Waals surface area contributed by atoms with Gasteiger partial charge in [-0.15, -0.1) is 0 Å². The van der Waals surface area contributed by atoms with Crippen molar-refractivity contribution >= 4 is 14.0 Å².